The first kappa shape index (κ1) is 18.2. The van der Waals surface area contributed by atoms with Gasteiger partial charge in [-0.3, -0.25) is 19.3 Å². The summed E-state index contributed by atoms with van der Waals surface area (Å²) in [6.07, 6.45) is 0.512. The maximum absolute atomic E-state index is 13.6. The maximum Gasteiger partial charge on any atom is 0.267 e. The molecule has 144 valence electrons. The molecule has 1 fully saturated rings. The van der Waals surface area contributed by atoms with Crippen LogP contribution < -0.4 is 10.2 Å². The molecule has 0 radical (unpaired) electrons. The number of para-hydroxylation sites is 1. The van der Waals surface area contributed by atoms with Crippen LogP contribution in [-0.2, 0) is 9.59 Å². The number of amides is 3. The highest BCUT2D eigenvalue weighted by Crippen LogP contribution is 2.44. The minimum absolute atomic E-state index is 0.138. The lowest BCUT2D eigenvalue weighted by Gasteiger charge is -2.49. The minimum atomic E-state index is -1.32. The van der Waals surface area contributed by atoms with E-state index in [9.17, 15) is 14.4 Å². The van der Waals surface area contributed by atoms with Gasteiger partial charge >= 0.3 is 0 Å². The van der Waals surface area contributed by atoms with Gasteiger partial charge in [0.2, 0.25) is 11.6 Å². The van der Waals surface area contributed by atoms with Crippen molar-refractivity contribution in [3.05, 3.63) is 65.7 Å². The molecule has 6 nitrogen and oxygen atoms in total. The SMILES string of the molecule is CCN1C(=O)c2ccccc2N2C(=O)CCC12C(=O)NC(C)c1ccccc1. The third-order valence-electron chi connectivity index (χ3n) is 5.70. The van der Waals surface area contributed by atoms with Crippen molar-refractivity contribution in [1.29, 1.82) is 0 Å². The number of nitrogens with zero attached hydrogens (tertiary/aromatic N) is 2. The van der Waals surface area contributed by atoms with Crippen LogP contribution in [0.1, 0.15) is 48.7 Å². The summed E-state index contributed by atoms with van der Waals surface area (Å²) in [5, 5.41) is 3.04. The minimum Gasteiger partial charge on any atom is -0.346 e. The molecule has 6 heteroatoms. The topological polar surface area (TPSA) is 69.7 Å². The van der Waals surface area contributed by atoms with E-state index in [1.54, 1.807) is 24.3 Å². The fourth-order valence-electron chi connectivity index (χ4n) is 4.34. The Hall–Kier alpha value is -3.15. The van der Waals surface area contributed by atoms with Crippen molar-refractivity contribution in [2.75, 3.05) is 11.4 Å². The molecule has 2 aliphatic heterocycles. The first-order chi connectivity index (χ1) is 13.5. The Morgan fingerprint density at radius 1 is 1.11 bits per heavy atom. The van der Waals surface area contributed by atoms with Crippen molar-refractivity contribution in [2.45, 2.75) is 38.4 Å². The fourth-order valence-corrected chi connectivity index (χ4v) is 4.34. The lowest BCUT2D eigenvalue weighted by atomic mass is 9.95. The van der Waals surface area contributed by atoms with E-state index in [1.165, 1.54) is 9.80 Å². The fraction of sp³-hybridized carbons (Fsp3) is 0.318. The number of benzene rings is 2. The van der Waals surface area contributed by atoms with Crippen LogP contribution in [-0.4, -0.2) is 34.8 Å². The molecule has 2 unspecified atom stereocenters. The lowest BCUT2D eigenvalue weighted by Crippen LogP contribution is -2.70. The van der Waals surface area contributed by atoms with E-state index in [1.807, 2.05) is 44.2 Å². The maximum atomic E-state index is 13.6. The van der Waals surface area contributed by atoms with E-state index in [0.29, 0.717) is 17.8 Å². The number of anilines is 1. The number of carbonyl (C=O) groups excluding carboxylic acids is 3. The zero-order chi connectivity index (χ0) is 19.9. The Morgan fingerprint density at radius 3 is 2.50 bits per heavy atom. The summed E-state index contributed by atoms with van der Waals surface area (Å²) in [4.78, 5) is 42.6. The van der Waals surface area contributed by atoms with Gasteiger partial charge in [0.1, 0.15) is 0 Å². The zero-order valence-corrected chi connectivity index (χ0v) is 16.0. The molecule has 1 N–H and O–H groups in total. The molecule has 0 bridgehead atoms. The quantitative estimate of drug-likeness (QED) is 0.891. The van der Waals surface area contributed by atoms with Crippen LogP contribution in [0, 0.1) is 0 Å². The second-order valence-corrected chi connectivity index (χ2v) is 7.22. The Bertz CT molecular complexity index is 943. The summed E-state index contributed by atoms with van der Waals surface area (Å²) >= 11 is 0. The predicted molar refractivity (Wildman–Crippen MR) is 106 cm³/mol. The standard InChI is InChI=1S/C22H23N3O3/c1-3-24-20(27)17-11-7-8-12-18(17)25-19(26)13-14-22(24,25)21(28)23-15(2)16-9-5-4-6-10-16/h4-12,15H,3,13-14H2,1-2H3,(H,23,28). The summed E-state index contributed by atoms with van der Waals surface area (Å²) in [6, 6.07) is 16.4. The molecular weight excluding hydrogens is 354 g/mol. The third-order valence-corrected chi connectivity index (χ3v) is 5.70. The number of rotatable bonds is 4. The molecule has 2 aromatic carbocycles. The van der Waals surface area contributed by atoms with Crippen LogP contribution >= 0.6 is 0 Å². The molecule has 0 saturated carbocycles. The molecule has 2 aliphatic rings. The molecule has 2 atom stereocenters. The molecule has 0 aliphatic carbocycles. The number of carbonyl (C=O) groups is 3. The van der Waals surface area contributed by atoms with Gasteiger partial charge in [0.25, 0.3) is 11.8 Å². The van der Waals surface area contributed by atoms with Crippen LogP contribution in [0.5, 0.6) is 0 Å². The van der Waals surface area contributed by atoms with Gasteiger partial charge in [-0.25, -0.2) is 0 Å². The van der Waals surface area contributed by atoms with E-state index >= 15 is 0 Å². The Morgan fingerprint density at radius 2 is 1.79 bits per heavy atom. The number of likely N-dealkylation sites (N-methyl/N-ethyl adjacent to an activating group) is 1. The smallest absolute Gasteiger partial charge is 0.267 e. The summed E-state index contributed by atoms with van der Waals surface area (Å²) in [7, 11) is 0. The highest BCUT2D eigenvalue weighted by molar-refractivity contribution is 6.16. The predicted octanol–water partition coefficient (Wildman–Crippen LogP) is 2.86. The molecule has 0 spiro atoms. The molecular formula is C22H23N3O3. The zero-order valence-electron chi connectivity index (χ0n) is 16.0. The average Bonchev–Trinajstić information content (AvgIpc) is 3.07. The van der Waals surface area contributed by atoms with Gasteiger partial charge in [-0.1, -0.05) is 42.5 Å². The van der Waals surface area contributed by atoms with Crippen molar-refractivity contribution in [1.82, 2.24) is 10.2 Å². The number of hydrogen-bond donors (Lipinski definition) is 1. The van der Waals surface area contributed by atoms with Gasteiger partial charge < -0.3 is 10.2 Å². The summed E-state index contributed by atoms with van der Waals surface area (Å²) in [6.45, 7) is 4.08. The van der Waals surface area contributed by atoms with E-state index in [2.05, 4.69) is 5.32 Å². The highest BCUT2D eigenvalue weighted by atomic mass is 16.2. The molecule has 3 amide bonds. The molecule has 4 rings (SSSR count). The second kappa shape index (κ2) is 6.78. The van der Waals surface area contributed by atoms with E-state index in [-0.39, 0.29) is 36.6 Å². The van der Waals surface area contributed by atoms with Crippen molar-refractivity contribution < 1.29 is 14.4 Å². The van der Waals surface area contributed by atoms with Gasteiger partial charge in [0.15, 0.2) is 0 Å². The first-order valence-electron chi connectivity index (χ1n) is 9.60. The molecule has 28 heavy (non-hydrogen) atoms. The Kier molecular flexibility index (Phi) is 4.41. The van der Waals surface area contributed by atoms with Crippen molar-refractivity contribution in [3.63, 3.8) is 0 Å². The van der Waals surface area contributed by atoms with Crippen LogP contribution in [0.4, 0.5) is 5.69 Å². The van der Waals surface area contributed by atoms with E-state index in [4.69, 9.17) is 0 Å². The van der Waals surface area contributed by atoms with Gasteiger partial charge in [0, 0.05) is 19.4 Å². The van der Waals surface area contributed by atoms with Gasteiger partial charge in [-0.05, 0) is 31.5 Å². The normalized spacial score (nSPS) is 21.9. The Balaban J connectivity index is 1.77. The van der Waals surface area contributed by atoms with E-state index < -0.39 is 5.66 Å². The van der Waals surface area contributed by atoms with Crippen molar-refractivity contribution >= 4 is 23.4 Å². The van der Waals surface area contributed by atoms with Crippen LogP contribution in [0.25, 0.3) is 0 Å². The number of hydrogen-bond acceptors (Lipinski definition) is 3. The summed E-state index contributed by atoms with van der Waals surface area (Å²) < 4.78 is 0. The highest BCUT2D eigenvalue weighted by Gasteiger charge is 2.60. The Labute approximate surface area is 164 Å². The van der Waals surface area contributed by atoms with Crippen molar-refractivity contribution in [2.24, 2.45) is 0 Å². The monoisotopic (exact) mass is 377 g/mol. The van der Waals surface area contributed by atoms with Crippen LogP contribution in [0.2, 0.25) is 0 Å². The molecule has 1 saturated heterocycles. The van der Waals surface area contributed by atoms with Crippen LogP contribution in [0.15, 0.2) is 54.6 Å². The van der Waals surface area contributed by atoms with Crippen molar-refractivity contribution in [3.8, 4) is 0 Å². The van der Waals surface area contributed by atoms with Gasteiger partial charge in [-0.2, -0.15) is 0 Å². The third kappa shape index (κ3) is 2.52. The number of fused-ring (bicyclic) bond motifs is 3. The largest absolute Gasteiger partial charge is 0.346 e. The average molecular weight is 377 g/mol. The number of nitrogens with one attached hydrogen (secondary N) is 1. The molecule has 0 aromatic heterocycles. The lowest BCUT2D eigenvalue weighted by molar-refractivity contribution is -0.134. The molecule has 2 heterocycles. The van der Waals surface area contributed by atoms with Gasteiger partial charge in [-0.15, -0.1) is 0 Å². The second-order valence-electron chi connectivity index (χ2n) is 7.22. The van der Waals surface area contributed by atoms with E-state index in [0.717, 1.165) is 5.56 Å². The first-order valence-corrected chi connectivity index (χ1v) is 9.60. The van der Waals surface area contributed by atoms with Gasteiger partial charge in [0.05, 0.1) is 17.3 Å². The summed E-state index contributed by atoms with van der Waals surface area (Å²) in [5.41, 5.74) is 0.621. The summed E-state index contributed by atoms with van der Waals surface area (Å²) in [5.74, 6) is -0.674. The molecule has 2 aromatic rings. The van der Waals surface area contributed by atoms with Crippen LogP contribution in [0.3, 0.4) is 0 Å².